The summed E-state index contributed by atoms with van der Waals surface area (Å²) in [6, 6.07) is 8.99. The molecular formula is C15H12Cl2N2O3. The van der Waals surface area contributed by atoms with Gasteiger partial charge in [-0.3, -0.25) is 9.59 Å². The van der Waals surface area contributed by atoms with Crippen molar-refractivity contribution in [3.8, 4) is 5.75 Å². The fourth-order valence-corrected chi connectivity index (χ4v) is 2.13. The third-order valence-corrected chi connectivity index (χ3v) is 3.32. The molecular weight excluding hydrogens is 327 g/mol. The average Bonchev–Trinajstić information content (AvgIpc) is 2.45. The Balaban J connectivity index is 2.09. The van der Waals surface area contributed by atoms with E-state index in [2.05, 4.69) is 10.6 Å². The zero-order valence-electron chi connectivity index (χ0n) is 11.5. The van der Waals surface area contributed by atoms with Gasteiger partial charge in [-0.2, -0.15) is 0 Å². The molecule has 22 heavy (non-hydrogen) atoms. The first kappa shape index (κ1) is 16.1. The van der Waals surface area contributed by atoms with Crippen LogP contribution in [0.4, 0.5) is 11.4 Å². The van der Waals surface area contributed by atoms with Crippen LogP contribution < -0.4 is 10.6 Å². The molecule has 2 aromatic carbocycles. The Kier molecular flexibility index (Phi) is 4.90. The summed E-state index contributed by atoms with van der Waals surface area (Å²) in [6.45, 7) is 1.75. The van der Waals surface area contributed by atoms with Crippen molar-refractivity contribution >= 4 is 46.4 Å². The molecule has 0 atom stereocenters. The molecule has 7 heteroatoms. The highest BCUT2D eigenvalue weighted by Gasteiger charge is 2.16. The minimum Gasteiger partial charge on any atom is -0.506 e. The first-order valence-corrected chi connectivity index (χ1v) is 6.99. The lowest BCUT2D eigenvalue weighted by molar-refractivity contribution is -0.133. The number of anilines is 2. The summed E-state index contributed by atoms with van der Waals surface area (Å²) in [5, 5.41) is 15.2. The molecule has 114 valence electrons. The molecule has 0 aliphatic heterocycles. The van der Waals surface area contributed by atoms with Crippen LogP contribution in [-0.4, -0.2) is 16.9 Å². The normalized spacial score (nSPS) is 10.1. The van der Waals surface area contributed by atoms with Crippen LogP contribution in [0.25, 0.3) is 0 Å². The van der Waals surface area contributed by atoms with E-state index in [0.29, 0.717) is 15.7 Å². The van der Waals surface area contributed by atoms with Crippen molar-refractivity contribution in [2.75, 3.05) is 10.6 Å². The number of amides is 2. The Morgan fingerprint density at radius 3 is 2.09 bits per heavy atom. The highest BCUT2D eigenvalue weighted by Crippen LogP contribution is 2.26. The van der Waals surface area contributed by atoms with Gasteiger partial charge in [0.05, 0.1) is 5.69 Å². The average molecular weight is 339 g/mol. The fourth-order valence-electron chi connectivity index (χ4n) is 1.73. The summed E-state index contributed by atoms with van der Waals surface area (Å²) >= 11 is 11.6. The molecule has 3 N–H and O–H groups in total. The number of benzene rings is 2. The van der Waals surface area contributed by atoms with E-state index in [0.717, 1.165) is 5.56 Å². The topological polar surface area (TPSA) is 78.4 Å². The number of halogens is 2. The number of aromatic hydroxyl groups is 1. The number of rotatable bonds is 2. The minimum atomic E-state index is -0.924. The van der Waals surface area contributed by atoms with E-state index in [1.54, 1.807) is 25.1 Å². The van der Waals surface area contributed by atoms with Crippen LogP contribution in [0.15, 0.2) is 36.4 Å². The summed E-state index contributed by atoms with van der Waals surface area (Å²) in [4.78, 5) is 23.7. The molecule has 0 unspecified atom stereocenters. The van der Waals surface area contributed by atoms with Gasteiger partial charge in [-0.25, -0.2) is 0 Å². The number of hydrogen-bond donors (Lipinski definition) is 3. The molecule has 0 bridgehead atoms. The van der Waals surface area contributed by atoms with Crippen molar-refractivity contribution in [3.05, 3.63) is 52.0 Å². The lowest BCUT2D eigenvalue weighted by atomic mass is 10.2. The molecule has 0 heterocycles. The molecule has 2 rings (SSSR count). The first-order valence-electron chi connectivity index (χ1n) is 6.24. The van der Waals surface area contributed by atoms with Gasteiger partial charge in [0.25, 0.3) is 0 Å². The number of aryl methyl sites for hydroxylation is 1. The van der Waals surface area contributed by atoms with Gasteiger partial charge in [0.15, 0.2) is 0 Å². The maximum atomic E-state index is 11.9. The quantitative estimate of drug-likeness (QED) is 0.578. The van der Waals surface area contributed by atoms with E-state index < -0.39 is 11.8 Å². The number of nitrogens with one attached hydrogen (secondary N) is 2. The Morgan fingerprint density at radius 2 is 1.45 bits per heavy atom. The maximum Gasteiger partial charge on any atom is 0.314 e. The summed E-state index contributed by atoms with van der Waals surface area (Å²) in [5.41, 5.74) is 1.25. The maximum absolute atomic E-state index is 11.9. The largest absolute Gasteiger partial charge is 0.506 e. The zero-order valence-corrected chi connectivity index (χ0v) is 13.0. The number of carbonyl (C=O) groups is 2. The molecule has 2 amide bonds. The Labute approximate surface area is 136 Å². The lowest BCUT2D eigenvalue weighted by Crippen LogP contribution is -2.29. The lowest BCUT2D eigenvalue weighted by Gasteiger charge is -2.10. The van der Waals surface area contributed by atoms with Gasteiger partial charge in [0.1, 0.15) is 5.75 Å². The van der Waals surface area contributed by atoms with Crippen LogP contribution in [0.3, 0.4) is 0 Å². The van der Waals surface area contributed by atoms with E-state index in [4.69, 9.17) is 23.2 Å². The van der Waals surface area contributed by atoms with Crippen molar-refractivity contribution in [2.45, 2.75) is 6.92 Å². The van der Waals surface area contributed by atoms with Crippen LogP contribution in [0.2, 0.25) is 10.0 Å². The third kappa shape index (κ3) is 3.90. The van der Waals surface area contributed by atoms with E-state index in [1.165, 1.54) is 18.2 Å². The monoisotopic (exact) mass is 338 g/mol. The molecule has 0 fully saturated rings. The minimum absolute atomic E-state index is 0.0560. The number of hydrogen-bond acceptors (Lipinski definition) is 3. The van der Waals surface area contributed by atoms with E-state index in [1.807, 2.05) is 0 Å². The van der Waals surface area contributed by atoms with Gasteiger partial charge in [0, 0.05) is 15.7 Å². The molecule has 5 nitrogen and oxygen atoms in total. The van der Waals surface area contributed by atoms with Crippen molar-refractivity contribution in [1.29, 1.82) is 0 Å². The Morgan fingerprint density at radius 1 is 0.909 bits per heavy atom. The van der Waals surface area contributed by atoms with Crippen molar-refractivity contribution < 1.29 is 14.7 Å². The predicted octanol–water partition coefficient (Wildman–Crippen LogP) is 3.58. The number of phenols is 1. The van der Waals surface area contributed by atoms with Gasteiger partial charge in [-0.05, 0) is 48.9 Å². The second-order valence-electron chi connectivity index (χ2n) is 4.53. The second kappa shape index (κ2) is 6.68. The van der Waals surface area contributed by atoms with Gasteiger partial charge in [-0.1, -0.05) is 23.2 Å². The second-order valence-corrected chi connectivity index (χ2v) is 5.40. The fraction of sp³-hybridized carbons (Fsp3) is 0.0667. The van der Waals surface area contributed by atoms with Crippen molar-refractivity contribution in [3.63, 3.8) is 0 Å². The van der Waals surface area contributed by atoms with Crippen molar-refractivity contribution in [1.82, 2.24) is 0 Å². The van der Waals surface area contributed by atoms with Gasteiger partial charge < -0.3 is 15.7 Å². The highest BCUT2D eigenvalue weighted by molar-refractivity contribution is 6.44. The van der Waals surface area contributed by atoms with Gasteiger partial charge in [0.2, 0.25) is 0 Å². The molecule has 0 saturated carbocycles. The van der Waals surface area contributed by atoms with Crippen molar-refractivity contribution in [2.24, 2.45) is 0 Å². The summed E-state index contributed by atoms with van der Waals surface area (Å²) < 4.78 is 0. The van der Waals surface area contributed by atoms with Gasteiger partial charge in [-0.15, -0.1) is 0 Å². The number of carbonyl (C=O) groups excluding carboxylic acids is 2. The third-order valence-electron chi connectivity index (χ3n) is 2.85. The van der Waals surface area contributed by atoms with E-state index in [9.17, 15) is 14.7 Å². The Hall–Kier alpha value is -2.24. The standard InChI is InChI=1S/C15H12Cl2N2O3/c1-8-6-9(16)2-4-11(8)18-14(21)15(22)19-12-7-10(17)3-5-13(12)20/h2-7,20H,1H3,(H,18,21)(H,19,22). The molecule has 0 aromatic heterocycles. The molecule has 0 spiro atoms. The van der Waals surface area contributed by atoms with Crippen LogP contribution >= 0.6 is 23.2 Å². The smallest absolute Gasteiger partial charge is 0.314 e. The zero-order chi connectivity index (χ0) is 16.3. The summed E-state index contributed by atoms with van der Waals surface area (Å²) in [6.07, 6.45) is 0. The molecule has 0 saturated heterocycles. The van der Waals surface area contributed by atoms with E-state index >= 15 is 0 Å². The van der Waals surface area contributed by atoms with E-state index in [-0.39, 0.29) is 11.4 Å². The van der Waals surface area contributed by atoms with Gasteiger partial charge >= 0.3 is 11.8 Å². The highest BCUT2D eigenvalue weighted by atomic mass is 35.5. The molecule has 0 aliphatic carbocycles. The molecule has 0 aliphatic rings. The van der Waals surface area contributed by atoms with Crippen LogP contribution in [-0.2, 0) is 9.59 Å². The van der Waals surface area contributed by atoms with Crippen LogP contribution in [0.5, 0.6) is 5.75 Å². The number of phenolic OH excluding ortho intramolecular Hbond substituents is 1. The van der Waals surface area contributed by atoms with Crippen LogP contribution in [0.1, 0.15) is 5.56 Å². The molecule has 2 aromatic rings. The first-order chi connectivity index (χ1) is 10.4. The SMILES string of the molecule is Cc1cc(Cl)ccc1NC(=O)C(=O)Nc1cc(Cl)ccc1O. The Bertz CT molecular complexity index is 748. The molecule has 0 radical (unpaired) electrons. The predicted molar refractivity (Wildman–Crippen MR) is 86.6 cm³/mol. The van der Waals surface area contributed by atoms with Crippen LogP contribution in [0, 0.1) is 6.92 Å². The summed E-state index contributed by atoms with van der Waals surface area (Å²) in [7, 11) is 0. The summed E-state index contributed by atoms with van der Waals surface area (Å²) in [5.74, 6) is -1.98.